The Kier molecular flexibility index (Phi) is 9.56. The van der Waals surface area contributed by atoms with Crippen molar-refractivity contribution >= 4 is 28.8 Å². The van der Waals surface area contributed by atoms with Crippen LogP contribution in [-0.2, 0) is 27.5 Å². The molecule has 3 amide bonds. The van der Waals surface area contributed by atoms with Crippen molar-refractivity contribution < 1.29 is 29.0 Å². The lowest BCUT2D eigenvalue weighted by atomic mass is 10.0. The minimum Gasteiger partial charge on any atom is -0.472 e. The topological polar surface area (TPSA) is 175 Å². The molecule has 9 rings (SSSR count). The number of rotatable bonds is 8. The number of aromatic amines is 2. The van der Waals surface area contributed by atoms with Crippen molar-refractivity contribution in [1.29, 1.82) is 0 Å². The third-order valence-electron chi connectivity index (χ3n) is 12.4. The average molecular weight is 775 g/mol. The highest BCUT2D eigenvalue weighted by Gasteiger charge is 2.41. The van der Waals surface area contributed by atoms with Gasteiger partial charge in [0.25, 0.3) is 0 Å². The number of imidazole rings is 1. The molecule has 0 bridgehead atoms. The molecular weight excluding hydrogens is 725 g/mol. The predicted octanol–water partition coefficient (Wildman–Crippen LogP) is 6.29. The van der Waals surface area contributed by atoms with Crippen LogP contribution in [0.3, 0.4) is 0 Å². The lowest BCUT2D eigenvalue weighted by molar-refractivity contribution is -0.143. The monoisotopic (exact) mass is 774 g/mol. The Bertz CT molecular complexity index is 2360. The summed E-state index contributed by atoms with van der Waals surface area (Å²) in [5.41, 5.74) is 15.6. The molecule has 298 valence electrons. The molecule has 7 heterocycles. The molecule has 3 fully saturated rings. The quantitative estimate of drug-likeness (QED) is 0.142. The second-order valence-corrected chi connectivity index (χ2v) is 16.1. The standard InChI is InChI=1S/C43H50N8O6/c1-4-25-18-30(46-39(25)33-7-5-13-48(33)42(53)38(44)24(2)3)27-9-11-29-35-19-28-17-26(10-12-32(28)51(35)23-57-37(29)20-27)31-21-45-40(47-31)34-8-6-14-49(34)41(52)36-22-56-16-15-50(36)43(54)55/h9-12,17-21,24,33-34,36,38,46H,4-8,13-16,22-23,44H2,1-3H3,(H,45,47)(H,54,55). The first-order chi connectivity index (χ1) is 27.6. The SMILES string of the molecule is CCc1cc(-c2ccc3c(c2)OCn2c-3cc3cc(-c4cnc(C5CCCN5C(=O)C5COCCN5C(=O)O)[nH]4)ccc32)[nH]c1C1CCCN1C(=O)C(N)C(C)C. The Hall–Kier alpha value is -5.60. The molecule has 3 aromatic heterocycles. The van der Waals surface area contributed by atoms with Crippen molar-refractivity contribution in [2.24, 2.45) is 11.7 Å². The van der Waals surface area contributed by atoms with E-state index in [0.717, 1.165) is 94.8 Å². The van der Waals surface area contributed by atoms with E-state index in [2.05, 4.69) is 70.0 Å². The number of nitrogens with one attached hydrogen (secondary N) is 2. The molecule has 0 spiro atoms. The van der Waals surface area contributed by atoms with Crippen molar-refractivity contribution in [3.63, 3.8) is 0 Å². The van der Waals surface area contributed by atoms with E-state index in [4.69, 9.17) is 20.2 Å². The number of hydrogen-bond acceptors (Lipinski definition) is 7. The number of nitrogens with two attached hydrogens (primary N) is 1. The van der Waals surface area contributed by atoms with Crippen molar-refractivity contribution in [2.75, 3.05) is 32.8 Å². The van der Waals surface area contributed by atoms with Gasteiger partial charge in [-0.15, -0.1) is 0 Å². The van der Waals surface area contributed by atoms with E-state index in [1.807, 2.05) is 18.7 Å². The molecule has 4 aliphatic rings. The summed E-state index contributed by atoms with van der Waals surface area (Å²) in [6, 6.07) is 15.4. The van der Waals surface area contributed by atoms with Gasteiger partial charge in [-0.25, -0.2) is 9.78 Å². The lowest BCUT2D eigenvalue weighted by Gasteiger charge is -2.36. The average Bonchev–Trinajstić information content (AvgIpc) is 4.08. The van der Waals surface area contributed by atoms with Crippen molar-refractivity contribution in [3.05, 3.63) is 71.8 Å². The summed E-state index contributed by atoms with van der Waals surface area (Å²) in [4.78, 5) is 55.6. The molecular formula is C43H50N8O6. The van der Waals surface area contributed by atoms with Gasteiger partial charge < -0.3 is 44.6 Å². The van der Waals surface area contributed by atoms with Gasteiger partial charge in [0.05, 0.1) is 54.4 Å². The number of hydrogen-bond donors (Lipinski definition) is 4. The van der Waals surface area contributed by atoms with Crippen molar-refractivity contribution in [2.45, 2.75) is 83.8 Å². The van der Waals surface area contributed by atoms with E-state index in [9.17, 15) is 19.5 Å². The summed E-state index contributed by atoms with van der Waals surface area (Å²) in [5.74, 6) is 1.37. The number of carbonyl (C=O) groups excluding carboxylic acids is 2. The number of amides is 3. The number of carbonyl (C=O) groups is 3. The van der Waals surface area contributed by atoms with E-state index in [1.54, 1.807) is 11.1 Å². The second kappa shape index (κ2) is 14.7. The summed E-state index contributed by atoms with van der Waals surface area (Å²) in [6.45, 7) is 8.30. The fourth-order valence-electron chi connectivity index (χ4n) is 9.22. The third kappa shape index (κ3) is 6.44. The van der Waals surface area contributed by atoms with Crippen LogP contribution in [0, 0.1) is 5.92 Å². The molecule has 3 saturated heterocycles. The van der Waals surface area contributed by atoms with E-state index < -0.39 is 18.2 Å². The smallest absolute Gasteiger partial charge is 0.408 e. The Labute approximate surface area is 330 Å². The molecule has 4 aliphatic heterocycles. The van der Waals surface area contributed by atoms with Gasteiger partial charge in [-0.3, -0.25) is 14.5 Å². The van der Waals surface area contributed by atoms with Gasteiger partial charge in [0.15, 0.2) is 6.73 Å². The van der Waals surface area contributed by atoms with Gasteiger partial charge in [0.1, 0.15) is 17.6 Å². The summed E-state index contributed by atoms with van der Waals surface area (Å²) in [5, 5.41) is 10.8. The normalized spacial score (nSPS) is 21.2. The van der Waals surface area contributed by atoms with E-state index >= 15 is 0 Å². The maximum absolute atomic E-state index is 13.6. The molecule has 2 aromatic carbocycles. The molecule has 0 aliphatic carbocycles. The molecule has 57 heavy (non-hydrogen) atoms. The van der Waals surface area contributed by atoms with Gasteiger partial charge in [0.2, 0.25) is 11.8 Å². The van der Waals surface area contributed by atoms with Gasteiger partial charge in [-0.2, -0.15) is 0 Å². The van der Waals surface area contributed by atoms with E-state index in [0.29, 0.717) is 19.1 Å². The van der Waals surface area contributed by atoms with Crippen LogP contribution in [0.1, 0.15) is 75.6 Å². The van der Waals surface area contributed by atoms with Gasteiger partial charge in [0, 0.05) is 53.1 Å². The largest absolute Gasteiger partial charge is 0.472 e. The number of carboxylic acid groups (broad SMARTS) is 1. The van der Waals surface area contributed by atoms with Crippen LogP contribution < -0.4 is 10.5 Å². The van der Waals surface area contributed by atoms with E-state index in [-0.39, 0.29) is 49.6 Å². The molecule has 5 N–H and O–H groups in total. The van der Waals surface area contributed by atoms with Crippen LogP contribution >= 0.6 is 0 Å². The zero-order valence-corrected chi connectivity index (χ0v) is 32.7. The van der Waals surface area contributed by atoms with Crippen molar-refractivity contribution in [3.8, 4) is 39.5 Å². The first kappa shape index (κ1) is 37.0. The summed E-state index contributed by atoms with van der Waals surface area (Å²) in [6.07, 6.45) is 4.97. The highest BCUT2D eigenvalue weighted by Crippen LogP contribution is 2.43. The Morgan fingerprint density at radius 2 is 1.70 bits per heavy atom. The number of benzene rings is 2. The highest BCUT2D eigenvalue weighted by molar-refractivity contribution is 5.92. The van der Waals surface area contributed by atoms with Crippen LogP contribution in [0.25, 0.3) is 44.7 Å². The molecule has 0 radical (unpaired) electrons. The highest BCUT2D eigenvalue weighted by atomic mass is 16.5. The first-order valence-corrected chi connectivity index (χ1v) is 20.2. The zero-order valence-electron chi connectivity index (χ0n) is 32.7. The van der Waals surface area contributed by atoms with Crippen molar-refractivity contribution in [1.82, 2.24) is 34.2 Å². The number of nitrogens with zero attached hydrogens (tertiary/aromatic N) is 5. The third-order valence-corrected chi connectivity index (χ3v) is 12.4. The van der Waals surface area contributed by atoms with Gasteiger partial charge in [-0.05, 0) is 80.0 Å². The predicted molar refractivity (Wildman–Crippen MR) is 214 cm³/mol. The molecule has 4 atom stereocenters. The molecule has 5 aromatic rings. The number of fused-ring (bicyclic) bond motifs is 5. The van der Waals surface area contributed by atoms with Gasteiger partial charge in [-0.1, -0.05) is 32.9 Å². The lowest BCUT2D eigenvalue weighted by Crippen LogP contribution is -2.56. The number of H-pyrrole nitrogens is 2. The summed E-state index contributed by atoms with van der Waals surface area (Å²) < 4.78 is 14.1. The number of aryl methyl sites for hydroxylation is 1. The van der Waals surface area contributed by atoms with Crippen LogP contribution in [0.15, 0.2) is 54.7 Å². The summed E-state index contributed by atoms with van der Waals surface area (Å²) in [7, 11) is 0. The van der Waals surface area contributed by atoms with Gasteiger partial charge >= 0.3 is 6.09 Å². The molecule has 14 nitrogen and oxygen atoms in total. The number of ether oxygens (including phenoxy) is 2. The van der Waals surface area contributed by atoms with Crippen LogP contribution in [0.2, 0.25) is 0 Å². The molecule has 14 heteroatoms. The second-order valence-electron chi connectivity index (χ2n) is 16.1. The Morgan fingerprint density at radius 1 is 0.930 bits per heavy atom. The maximum atomic E-state index is 13.6. The molecule has 4 unspecified atom stereocenters. The van der Waals surface area contributed by atoms with Crippen LogP contribution in [0.4, 0.5) is 4.79 Å². The van der Waals surface area contributed by atoms with E-state index in [1.165, 1.54) is 10.5 Å². The molecule has 0 saturated carbocycles. The maximum Gasteiger partial charge on any atom is 0.408 e. The number of aromatic nitrogens is 4. The fourth-order valence-corrected chi connectivity index (χ4v) is 9.22. The number of morpholine rings is 1. The number of likely N-dealkylation sites (tertiary alicyclic amines) is 2. The minimum absolute atomic E-state index is 0.0101. The fraction of sp³-hybridized carbons (Fsp3) is 0.442. The zero-order chi connectivity index (χ0) is 39.5. The summed E-state index contributed by atoms with van der Waals surface area (Å²) >= 11 is 0. The minimum atomic E-state index is -1.11. The Morgan fingerprint density at radius 3 is 2.49 bits per heavy atom. The van der Waals surface area contributed by atoms with Crippen LogP contribution in [0.5, 0.6) is 5.75 Å². The van der Waals surface area contributed by atoms with Crippen LogP contribution in [-0.4, -0.2) is 102 Å². The Balaban J connectivity index is 0.952. The first-order valence-electron chi connectivity index (χ1n) is 20.2.